The maximum atomic E-state index is 9.73. The first-order valence-corrected chi connectivity index (χ1v) is 10.5. The molecule has 0 saturated carbocycles. The van der Waals surface area contributed by atoms with E-state index in [0.717, 1.165) is 71.2 Å². The Morgan fingerprint density at radius 3 is 2.50 bits per heavy atom. The molecule has 0 bridgehead atoms. The van der Waals surface area contributed by atoms with E-state index in [2.05, 4.69) is 57.3 Å². The Hall–Kier alpha value is -1.06. The molecule has 2 fully saturated rings. The van der Waals surface area contributed by atoms with Crippen molar-refractivity contribution < 1.29 is 5.11 Å². The predicted molar refractivity (Wildman–Crippen MR) is 128 cm³/mol. The van der Waals surface area contributed by atoms with Crippen LogP contribution in [-0.4, -0.2) is 85.9 Å². The van der Waals surface area contributed by atoms with Crippen LogP contribution in [0.25, 0.3) is 0 Å². The van der Waals surface area contributed by atoms with E-state index >= 15 is 0 Å². The number of rotatable bonds is 7. The van der Waals surface area contributed by atoms with Gasteiger partial charge in [-0.15, -0.1) is 24.0 Å². The average molecular weight is 501 g/mol. The van der Waals surface area contributed by atoms with Crippen LogP contribution in [0.2, 0.25) is 0 Å². The fourth-order valence-electron chi connectivity index (χ4n) is 3.86. The first kappa shape index (κ1) is 23.2. The standard InChI is InChI=1S/C21H35N5O.HI/c1-2-22-21(26-13-10-20(27)18-26)23-11-6-7-12-24-14-16-25(17-15-24)19-8-4-3-5-9-19;/h3-5,8-9,20,27H,2,6-7,10-18H2,1H3,(H,22,23);1H/t20-;/m1./s1. The summed E-state index contributed by atoms with van der Waals surface area (Å²) in [5.41, 5.74) is 1.34. The Morgan fingerprint density at radius 2 is 1.86 bits per heavy atom. The van der Waals surface area contributed by atoms with Gasteiger partial charge in [-0.05, 0) is 44.9 Å². The van der Waals surface area contributed by atoms with Gasteiger partial charge in [0.2, 0.25) is 0 Å². The lowest BCUT2D eigenvalue weighted by atomic mass is 10.2. The van der Waals surface area contributed by atoms with Crippen LogP contribution in [0.4, 0.5) is 5.69 Å². The van der Waals surface area contributed by atoms with E-state index in [1.807, 2.05) is 0 Å². The van der Waals surface area contributed by atoms with Crippen molar-refractivity contribution in [1.82, 2.24) is 15.1 Å². The minimum atomic E-state index is -0.205. The maximum Gasteiger partial charge on any atom is 0.194 e. The van der Waals surface area contributed by atoms with Crippen LogP contribution in [0.1, 0.15) is 26.2 Å². The number of aliphatic hydroxyl groups excluding tert-OH is 1. The van der Waals surface area contributed by atoms with Gasteiger partial charge in [-0.3, -0.25) is 9.89 Å². The highest BCUT2D eigenvalue weighted by atomic mass is 127. The Bertz CT molecular complexity index is 577. The Kier molecular flexibility index (Phi) is 10.4. The van der Waals surface area contributed by atoms with Crippen molar-refractivity contribution in [2.75, 3.05) is 63.8 Å². The zero-order valence-corrected chi connectivity index (χ0v) is 19.4. The Morgan fingerprint density at radius 1 is 1.11 bits per heavy atom. The van der Waals surface area contributed by atoms with Crippen molar-refractivity contribution >= 4 is 35.6 Å². The number of benzene rings is 1. The first-order valence-electron chi connectivity index (χ1n) is 10.5. The number of hydrogen-bond acceptors (Lipinski definition) is 4. The van der Waals surface area contributed by atoms with Gasteiger partial charge in [0, 0.05) is 58.0 Å². The van der Waals surface area contributed by atoms with Crippen molar-refractivity contribution in [3.05, 3.63) is 30.3 Å². The number of likely N-dealkylation sites (tertiary alicyclic amines) is 1. The van der Waals surface area contributed by atoms with Gasteiger partial charge in [0.1, 0.15) is 0 Å². The van der Waals surface area contributed by atoms with Crippen molar-refractivity contribution in [2.24, 2.45) is 4.99 Å². The van der Waals surface area contributed by atoms with Crippen LogP contribution < -0.4 is 10.2 Å². The van der Waals surface area contributed by atoms with Crippen molar-refractivity contribution in [1.29, 1.82) is 0 Å². The monoisotopic (exact) mass is 501 g/mol. The van der Waals surface area contributed by atoms with E-state index in [1.54, 1.807) is 0 Å². The Labute approximate surface area is 187 Å². The van der Waals surface area contributed by atoms with E-state index in [-0.39, 0.29) is 30.1 Å². The SMILES string of the molecule is CCNC(=NCCCCN1CCN(c2ccccc2)CC1)N1CC[C@@H](O)C1.I. The molecule has 2 heterocycles. The molecule has 6 nitrogen and oxygen atoms in total. The minimum Gasteiger partial charge on any atom is -0.391 e. The molecule has 3 rings (SSSR count). The van der Waals surface area contributed by atoms with E-state index in [1.165, 1.54) is 12.1 Å². The molecule has 2 aliphatic rings. The molecule has 158 valence electrons. The third-order valence-corrected chi connectivity index (χ3v) is 5.44. The number of hydrogen-bond donors (Lipinski definition) is 2. The molecule has 28 heavy (non-hydrogen) atoms. The summed E-state index contributed by atoms with van der Waals surface area (Å²) in [7, 11) is 0. The smallest absolute Gasteiger partial charge is 0.194 e. The second-order valence-electron chi connectivity index (χ2n) is 7.50. The summed E-state index contributed by atoms with van der Waals surface area (Å²) in [6.07, 6.45) is 2.95. The molecule has 0 aromatic heterocycles. The molecule has 1 aromatic rings. The molecule has 0 radical (unpaired) electrons. The molecule has 0 amide bonds. The summed E-state index contributed by atoms with van der Waals surface area (Å²) in [5.74, 6) is 0.963. The van der Waals surface area contributed by atoms with Gasteiger partial charge in [0.25, 0.3) is 0 Å². The minimum absolute atomic E-state index is 0. The summed E-state index contributed by atoms with van der Waals surface area (Å²) in [5, 5.41) is 13.1. The normalized spacial score (nSPS) is 20.9. The number of aliphatic hydroxyl groups is 1. The van der Waals surface area contributed by atoms with E-state index in [0.29, 0.717) is 6.54 Å². The highest BCUT2D eigenvalue weighted by Gasteiger charge is 2.22. The molecule has 2 saturated heterocycles. The number of guanidine groups is 1. The Balaban J connectivity index is 0.00000280. The highest BCUT2D eigenvalue weighted by molar-refractivity contribution is 14.0. The van der Waals surface area contributed by atoms with E-state index < -0.39 is 0 Å². The average Bonchev–Trinajstić information content (AvgIpc) is 3.14. The number of unbranched alkanes of at least 4 members (excludes halogenated alkanes) is 1. The van der Waals surface area contributed by atoms with Crippen LogP contribution >= 0.6 is 24.0 Å². The summed E-state index contributed by atoms with van der Waals surface area (Å²) >= 11 is 0. The molecule has 0 aliphatic carbocycles. The molecule has 1 aromatic carbocycles. The first-order chi connectivity index (χ1) is 13.3. The lowest BCUT2D eigenvalue weighted by Gasteiger charge is -2.36. The zero-order chi connectivity index (χ0) is 18.9. The number of piperazine rings is 1. The van der Waals surface area contributed by atoms with Crippen LogP contribution in [0.3, 0.4) is 0 Å². The van der Waals surface area contributed by atoms with E-state index in [9.17, 15) is 5.11 Å². The van der Waals surface area contributed by atoms with Gasteiger partial charge in [-0.25, -0.2) is 0 Å². The summed E-state index contributed by atoms with van der Waals surface area (Å²) in [6, 6.07) is 10.7. The van der Waals surface area contributed by atoms with Crippen LogP contribution in [0.5, 0.6) is 0 Å². The molecular formula is C21H36IN5O. The summed E-state index contributed by atoms with van der Waals surface area (Å²) in [4.78, 5) is 12.0. The number of β-amino-alcohol motifs (C(OH)–C–C–N with tert-alkyl or cyclic N) is 1. The molecular weight excluding hydrogens is 465 g/mol. The second-order valence-corrected chi connectivity index (χ2v) is 7.50. The topological polar surface area (TPSA) is 54.3 Å². The van der Waals surface area contributed by atoms with Gasteiger partial charge in [0.15, 0.2) is 5.96 Å². The van der Waals surface area contributed by atoms with Gasteiger partial charge < -0.3 is 20.2 Å². The van der Waals surface area contributed by atoms with Crippen molar-refractivity contribution in [3.63, 3.8) is 0 Å². The third-order valence-electron chi connectivity index (χ3n) is 5.44. The molecule has 0 spiro atoms. The zero-order valence-electron chi connectivity index (χ0n) is 17.1. The number of halogens is 1. The van der Waals surface area contributed by atoms with Crippen LogP contribution in [-0.2, 0) is 0 Å². The molecule has 7 heteroatoms. The predicted octanol–water partition coefficient (Wildman–Crippen LogP) is 2.24. The number of para-hydroxylation sites is 1. The second kappa shape index (κ2) is 12.5. The third kappa shape index (κ3) is 7.08. The van der Waals surface area contributed by atoms with Gasteiger partial charge >= 0.3 is 0 Å². The maximum absolute atomic E-state index is 9.73. The van der Waals surface area contributed by atoms with Crippen molar-refractivity contribution in [3.8, 4) is 0 Å². The number of aliphatic imine (C=N–C) groups is 1. The number of nitrogens with one attached hydrogen (secondary N) is 1. The summed E-state index contributed by atoms with van der Waals surface area (Å²) < 4.78 is 0. The summed E-state index contributed by atoms with van der Waals surface area (Å²) in [6.45, 7) is 11.1. The van der Waals surface area contributed by atoms with Crippen LogP contribution in [0.15, 0.2) is 35.3 Å². The van der Waals surface area contributed by atoms with Crippen molar-refractivity contribution in [2.45, 2.75) is 32.3 Å². The van der Waals surface area contributed by atoms with E-state index in [4.69, 9.17) is 4.99 Å². The number of nitrogens with zero attached hydrogens (tertiary/aromatic N) is 4. The lowest BCUT2D eigenvalue weighted by molar-refractivity contribution is 0.188. The van der Waals surface area contributed by atoms with Gasteiger partial charge in [0.05, 0.1) is 6.10 Å². The van der Waals surface area contributed by atoms with Crippen LogP contribution in [0, 0.1) is 0 Å². The number of anilines is 1. The quantitative estimate of drug-likeness (QED) is 0.260. The highest BCUT2D eigenvalue weighted by Crippen LogP contribution is 2.15. The largest absolute Gasteiger partial charge is 0.391 e. The van der Waals surface area contributed by atoms with Gasteiger partial charge in [-0.2, -0.15) is 0 Å². The molecule has 0 unspecified atom stereocenters. The van der Waals surface area contributed by atoms with Gasteiger partial charge in [-0.1, -0.05) is 18.2 Å². The molecule has 1 atom stereocenters. The fourth-order valence-corrected chi connectivity index (χ4v) is 3.86. The fraction of sp³-hybridized carbons (Fsp3) is 0.667. The molecule has 2 aliphatic heterocycles. The molecule has 2 N–H and O–H groups in total. The lowest BCUT2D eigenvalue weighted by Crippen LogP contribution is -2.46.